The Labute approximate surface area is 158 Å². The summed E-state index contributed by atoms with van der Waals surface area (Å²) in [5.41, 5.74) is 0.469. The van der Waals surface area contributed by atoms with Gasteiger partial charge in [0, 0.05) is 44.2 Å². The Bertz CT molecular complexity index is 708. The van der Waals surface area contributed by atoms with Crippen LogP contribution in [0.5, 0.6) is 0 Å². The first kappa shape index (κ1) is 18.9. The minimum atomic E-state index is -0.407. The van der Waals surface area contributed by atoms with E-state index in [0.29, 0.717) is 35.6 Å². The Morgan fingerprint density at radius 3 is 2.65 bits per heavy atom. The summed E-state index contributed by atoms with van der Waals surface area (Å²) in [7, 11) is 0. The largest absolute Gasteiger partial charge is 0.340 e. The third-order valence-electron chi connectivity index (χ3n) is 5.36. The van der Waals surface area contributed by atoms with Gasteiger partial charge in [-0.05, 0) is 25.0 Å². The third-order valence-corrected chi connectivity index (χ3v) is 5.69. The van der Waals surface area contributed by atoms with Gasteiger partial charge in [-0.25, -0.2) is 0 Å². The van der Waals surface area contributed by atoms with Crippen molar-refractivity contribution in [3.8, 4) is 0 Å². The summed E-state index contributed by atoms with van der Waals surface area (Å²) in [4.78, 5) is 27.3. The number of nitrogens with zero attached hydrogens (tertiary/aromatic N) is 3. The maximum absolute atomic E-state index is 12.1. The molecule has 2 saturated heterocycles. The number of carbonyl (C=O) groups is 1. The molecule has 0 aliphatic carbocycles. The molecule has 0 N–H and O–H groups in total. The van der Waals surface area contributed by atoms with Gasteiger partial charge in [-0.15, -0.1) is 0 Å². The van der Waals surface area contributed by atoms with E-state index in [1.807, 2.05) is 17.9 Å². The van der Waals surface area contributed by atoms with E-state index in [0.717, 1.165) is 25.9 Å². The van der Waals surface area contributed by atoms with Gasteiger partial charge in [0.25, 0.3) is 5.69 Å². The second-order valence-electron chi connectivity index (χ2n) is 6.92. The van der Waals surface area contributed by atoms with Gasteiger partial charge >= 0.3 is 0 Å². The highest BCUT2D eigenvalue weighted by molar-refractivity contribution is 6.32. The molecule has 140 valence electrons. The Balaban J connectivity index is 1.72. The number of fused-ring (bicyclic) bond motifs is 2. The molecular formula is C19H24ClN3O3. The molecule has 2 aliphatic rings. The highest BCUT2D eigenvalue weighted by Crippen LogP contribution is 2.30. The first-order valence-electron chi connectivity index (χ1n) is 9.14. The lowest BCUT2D eigenvalue weighted by atomic mass is 9.91. The predicted molar refractivity (Wildman–Crippen MR) is 102 cm³/mol. The standard InChI is InChI=1S/C19H24ClN3O3/c1-2-19(24)21-12-14-6-3-7-15(13-21)22(14)11-5-8-16-17(20)9-4-10-18(16)23(25)26/h4-5,8-10,14-15H,2-3,6-7,11-13H2,1H3/b8-5+. The van der Waals surface area contributed by atoms with Crippen LogP contribution in [0.2, 0.25) is 5.02 Å². The highest BCUT2D eigenvalue weighted by Gasteiger charge is 2.37. The molecule has 0 spiro atoms. The van der Waals surface area contributed by atoms with E-state index in [-0.39, 0.29) is 11.6 Å². The van der Waals surface area contributed by atoms with Crippen LogP contribution < -0.4 is 0 Å². The normalized spacial score (nSPS) is 23.4. The summed E-state index contributed by atoms with van der Waals surface area (Å²) in [6.45, 7) is 4.18. The van der Waals surface area contributed by atoms with Gasteiger partial charge < -0.3 is 4.90 Å². The fourth-order valence-corrected chi connectivity index (χ4v) is 4.29. The molecule has 2 bridgehead atoms. The molecule has 0 saturated carbocycles. The van der Waals surface area contributed by atoms with Crippen molar-refractivity contribution in [1.82, 2.24) is 9.80 Å². The Morgan fingerprint density at radius 2 is 2.04 bits per heavy atom. The second kappa shape index (κ2) is 8.18. The lowest BCUT2D eigenvalue weighted by molar-refractivity contribution is -0.385. The number of carbonyl (C=O) groups excluding carboxylic acids is 1. The number of halogens is 1. The summed E-state index contributed by atoms with van der Waals surface area (Å²) in [5.74, 6) is 0.226. The van der Waals surface area contributed by atoms with Gasteiger partial charge in [0.15, 0.2) is 0 Å². The molecule has 26 heavy (non-hydrogen) atoms. The van der Waals surface area contributed by atoms with E-state index < -0.39 is 4.92 Å². The van der Waals surface area contributed by atoms with Gasteiger partial charge in [0.1, 0.15) is 0 Å². The molecule has 3 rings (SSSR count). The van der Waals surface area contributed by atoms with Crippen molar-refractivity contribution in [1.29, 1.82) is 0 Å². The van der Waals surface area contributed by atoms with Crippen molar-refractivity contribution in [2.24, 2.45) is 0 Å². The zero-order chi connectivity index (χ0) is 18.7. The van der Waals surface area contributed by atoms with Crippen LogP contribution in [0.1, 0.15) is 38.2 Å². The summed E-state index contributed by atoms with van der Waals surface area (Å²) < 4.78 is 0. The van der Waals surface area contributed by atoms with E-state index in [1.54, 1.807) is 18.2 Å². The molecule has 2 unspecified atom stereocenters. The van der Waals surface area contributed by atoms with E-state index >= 15 is 0 Å². The topological polar surface area (TPSA) is 66.7 Å². The molecule has 2 atom stereocenters. The van der Waals surface area contributed by atoms with E-state index in [2.05, 4.69) is 4.90 Å². The quantitative estimate of drug-likeness (QED) is 0.579. The molecule has 1 aromatic carbocycles. The van der Waals surface area contributed by atoms with Gasteiger partial charge in [0.2, 0.25) is 5.91 Å². The number of benzene rings is 1. The molecule has 6 nitrogen and oxygen atoms in total. The Hall–Kier alpha value is -1.92. The summed E-state index contributed by atoms with van der Waals surface area (Å²) in [6, 6.07) is 5.45. The Kier molecular flexibility index (Phi) is 5.94. The average molecular weight is 378 g/mol. The zero-order valence-corrected chi connectivity index (χ0v) is 15.7. The maximum Gasteiger partial charge on any atom is 0.278 e. The number of rotatable bonds is 5. The highest BCUT2D eigenvalue weighted by atomic mass is 35.5. The number of hydrogen-bond donors (Lipinski definition) is 0. The third kappa shape index (κ3) is 3.91. The molecule has 0 aromatic heterocycles. The minimum absolute atomic E-state index is 0.0207. The molecule has 7 heteroatoms. The maximum atomic E-state index is 12.1. The number of piperidine rings is 1. The summed E-state index contributed by atoms with van der Waals surface area (Å²) in [5, 5.41) is 11.6. The van der Waals surface area contributed by atoms with Crippen molar-refractivity contribution in [2.75, 3.05) is 19.6 Å². The first-order chi connectivity index (χ1) is 12.5. The number of piperazine rings is 1. The number of hydrogen-bond acceptors (Lipinski definition) is 4. The SMILES string of the molecule is CCC(=O)N1CC2CCCC(C1)N2C/C=C/c1c(Cl)cccc1[N+](=O)[O-]. The fourth-order valence-electron chi connectivity index (χ4n) is 4.06. The van der Waals surface area contributed by atoms with Gasteiger partial charge in [0.05, 0.1) is 15.5 Å². The zero-order valence-electron chi connectivity index (χ0n) is 14.9. The van der Waals surface area contributed by atoms with Crippen LogP contribution in [-0.2, 0) is 4.79 Å². The van der Waals surface area contributed by atoms with Gasteiger partial charge in [-0.3, -0.25) is 19.8 Å². The van der Waals surface area contributed by atoms with E-state index in [1.165, 1.54) is 12.5 Å². The first-order valence-corrected chi connectivity index (χ1v) is 9.52. The van der Waals surface area contributed by atoms with Crippen LogP contribution in [0.4, 0.5) is 5.69 Å². The molecular weight excluding hydrogens is 354 g/mol. The van der Waals surface area contributed by atoms with Gasteiger partial charge in [-0.2, -0.15) is 0 Å². The number of nitro benzene ring substituents is 1. The molecule has 1 amide bonds. The summed E-state index contributed by atoms with van der Waals surface area (Å²) in [6.07, 6.45) is 7.62. The smallest absolute Gasteiger partial charge is 0.278 e. The molecule has 0 radical (unpaired) electrons. The van der Waals surface area contributed by atoms with Gasteiger partial charge in [-0.1, -0.05) is 37.1 Å². The van der Waals surface area contributed by atoms with Crippen molar-refractivity contribution in [3.63, 3.8) is 0 Å². The second-order valence-corrected chi connectivity index (χ2v) is 7.33. The number of likely N-dealkylation sites (tertiary alicyclic amines) is 1. The van der Waals surface area contributed by atoms with Crippen LogP contribution in [0.25, 0.3) is 6.08 Å². The number of amides is 1. The van der Waals surface area contributed by atoms with Crippen LogP contribution in [0.3, 0.4) is 0 Å². The average Bonchev–Trinajstić information content (AvgIpc) is 2.61. The van der Waals surface area contributed by atoms with E-state index in [4.69, 9.17) is 11.6 Å². The van der Waals surface area contributed by atoms with Crippen LogP contribution >= 0.6 is 11.6 Å². The summed E-state index contributed by atoms with van der Waals surface area (Å²) >= 11 is 6.15. The lowest BCUT2D eigenvalue weighted by Gasteiger charge is -2.50. The molecule has 2 heterocycles. The van der Waals surface area contributed by atoms with Crippen LogP contribution in [-0.4, -0.2) is 52.3 Å². The van der Waals surface area contributed by atoms with Crippen molar-refractivity contribution < 1.29 is 9.72 Å². The molecule has 2 aliphatic heterocycles. The van der Waals surface area contributed by atoms with Crippen molar-refractivity contribution >= 4 is 29.3 Å². The predicted octanol–water partition coefficient (Wildman–Crippen LogP) is 3.74. The minimum Gasteiger partial charge on any atom is -0.340 e. The van der Waals surface area contributed by atoms with E-state index in [9.17, 15) is 14.9 Å². The molecule has 1 aromatic rings. The van der Waals surface area contributed by atoms with Crippen LogP contribution in [0, 0.1) is 10.1 Å². The molecule has 2 fully saturated rings. The number of nitro groups is 1. The lowest BCUT2D eigenvalue weighted by Crippen LogP contribution is -2.61. The van der Waals surface area contributed by atoms with Crippen molar-refractivity contribution in [2.45, 2.75) is 44.7 Å². The fraction of sp³-hybridized carbons (Fsp3) is 0.526. The van der Waals surface area contributed by atoms with Crippen molar-refractivity contribution in [3.05, 3.63) is 45.0 Å². The van der Waals surface area contributed by atoms with Crippen LogP contribution in [0.15, 0.2) is 24.3 Å². The Morgan fingerprint density at radius 1 is 1.35 bits per heavy atom. The monoisotopic (exact) mass is 377 g/mol.